The first kappa shape index (κ1) is 20.5. The quantitative estimate of drug-likeness (QED) is 0.805. The van der Waals surface area contributed by atoms with E-state index in [1.807, 2.05) is 24.3 Å². The normalized spacial score (nSPS) is 15.5. The maximum atomic E-state index is 12.5. The lowest BCUT2D eigenvalue weighted by molar-refractivity contribution is 0.0729. The van der Waals surface area contributed by atoms with Gasteiger partial charge < -0.3 is 10.1 Å². The van der Waals surface area contributed by atoms with Gasteiger partial charge in [-0.3, -0.25) is 4.79 Å². The Morgan fingerprint density at radius 3 is 2.21 bits per heavy atom. The molecule has 0 unspecified atom stereocenters. The molecule has 0 spiro atoms. The second-order valence-electron chi connectivity index (χ2n) is 7.20. The Balaban J connectivity index is 1.62. The molecule has 1 saturated heterocycles. The number of amides is 1. The monoisotopic (exact) mass is 402 g/mol. The fourth-order valence-corrected chi connectivity index (χ4v) is 4.54. The third-order valence-electron chi connectivity index (χ3n) is 4.76. The van der Waals surface area contributed by atoms with E-state index in [1.165, 1.54) is 9.87 Å². The number of morpholine rings is 1. The highest BCUT2D eigenvalue weighted by Gasteiger charge is 2.24. The standard InChI is InChI=1S/C21H26N2O4S/c1-16(2)18-7-9-20(10-8-18)22-21(24)19-5-3-17(4-6-19)15-28(25,26)23-11-13-27-14-12-23/h3-10,16H,11-15H2,1-2H3,(H,22,24). The van der Waals surface area contributed by atoms with Crippen LogP contribution < -0.4 is 5.32 Å². The summed E-state index contributed by atoms with van der Waals surface area (Å²) in [6.45, 7) is 5.87. The largest absolute Gasteiger partial charge is 0.379 e. The summed E-state index contributed by atoms with van der Waals surface area (Å²) < 4.78 is 31.6. The van der Waals surface area contributed by atoms with Crippen molar-refractivity contribution in [2.45, 2.75) is 25.5 Å². The van der Waals surface area contributed by atoms with Crippen LogP contribution in [0.2, 0.25) is 0 Å². The zero-order valence-corrected chi connectivity index (χ0v) is 17.0. The Kier molecular flexibility index (Phi) is 6.49. The van der Waals surface area contributed by atoms with E-state index in [1.54, 1.807) is 24.3 Å². The van der Waals surface area contributed by atoms with Crippen LogP contribution in [0, 0.1) is 0 Å². The molecule has 0 bridgehead atoms. The van der Waals surface area contributed by atoms with Gasteiger partial charge in [-0.25, -0.2) is 8.42 Å². The fourth-order valence-electron chi connectivity index (χ4n) is 3.03. The number of nitrogens with one attached hydrogen (secondary N) is 1. The van der Waals surface area contributed by atoms with Gasteiger partial charge in [0.15, 0.2) is 0 Å². The topological polar surface area (TPSA) is 75.7 Å². The summed E-state index contributed by atoms with van der Waals surface area (Å²) in [5.74, 6) is 0.136. The van der Waals surface area contributed by atoms with Crippen molar-refractivity contribution in [3.63, 3.8) is 0 Å². The molecule has 1 aliphatic rings. The maximum Gasteiger partial charge on any atom is 0.255 e. The van der Waals surface area contributed by atoms with E-state index in [2.05, 4.69) is 19.2 Å². The van der Waals surface area contributed by atoms with E-state index in [0.717, 1.165) is 5.69 Å². The van der Waals surface area contributed by atoms with Crippen molar-refractivity contribution in [1.29, 1.82) is 0 Å². The van der Waals surface area contributed by atoms with Crippen LogP contribution in [0.3, 0.4) is 0 Å². The summed E-state index contributed by atoms with van der Waals surface area (Å²) in [6.07, 6.45) is 0. The Bertz CT molecular complexity index is 900. The SMILES string of the molecule is CC(C)c1ccc(NC(=O)c2ccc(CS(=O)(=O)N3CCOCC3)cc2)cc1. The van der Waals surface area contributed by atoms with E-state index in [4.69, 9.17) is 4.74 Å². The number of sulfonamides is 1. The molecule has 150 valence electrons. The van der Waals surface area contributed by atoms with Crippen LogP contribution in [0.4, 0.5) is 5.69 Å². The maximum absolute atomic E-state index is 12.5. The highest BCUT2D eigenvalue weighted by atomic mass is 32.2. The van der Waals surface area contributed by atoms with Crippen LogP contribution in [0.1, 0.15) is 41.3 Å². The van der Waals surface area contributed by atoms with Gasteiger partial charge in [-0.15, -0.1) is 0 Å². The number of carbonyl (C=O) groups is 1. The van der Waals surface area contributed by atoms with Crippen molar-refractivity contribution in [2.75, 3.05) is 31.6 Å². The van der Waals surface area contributed by atoms with Crippen molar-refractivity contribution in [1.82, 2.24) is 4.31 Å². The Morgan fingerprint density at radius 2 is 1.64 bits per heavy atom. The Morgan fingerprint density at radius 1 is 1.04 bits per heavy atom. The molecular weight excluding hydrogens is 376 g/mol. The molecule has 2 aromatic carbocycles. The molecule has 0 saturated carbocycles. The van der Waals surface area contributed by atoms with Crippen molar-refractivity contribution < 1.29 is 17.9 Å². The molecule has 0 aromatic heterocycles. The summed E-state index contributed by atoms with van der Waals surface area (Å²) in [7, 11) is -3.38. The molecule has 1 amide bonds. The molecule has 0 atom stereocenters. The van der Waals surface area contributed by atoms with Crippen molar-refractivity contribution >= 4 is 21.6 Å². The third-order valence-corrected chi connectivity index (χ3v) is 6.61. The van der Waals surface area contributed by atoms with Gasteiger partial charge >= 0.3 is 0 Å². The number of carbonyl (C=O) groups excluding carboxylic acids is 1. The number of hydrogen-bond acceptors (Lipinski definition) is 4. The molecule has 7 heteroatoms. The van der Waals surface area contributed by atoms with E-state index in [-0.39, 0.29) is 11.7 Å². The lowest BCUT2D eigenvalue weighted by atomic mass is 10.0. The minimum Gasteiger partial charge on any atom is -0.379 e. The zero-order valence-electron chi connectivity index (χ0n) is 16.2. The number of nitrogens with zero attached hydrogens (tertiary/aromatic N) is 1. The van der Waals surface area contributed by atoms with Gasteiger partial charge in [-0.2, -0.15) is 4.31 Å². The van der Waals surface area contributed by atoms with Crippen molar-refractivity contribution in [2.24, 2.45) is 0 Å². The van der Waals surface area contributed by atoms with Crippen LogP contribution >= 0.6 is 0 Å². The summed E-state index contributed by atoms with van der Waals surface area (Å²) >= 11 is 0. The highest BCUT2D eigenvalue weighted by molar-refractivity contribution is 7.88. The highest BCUT2D eigenvalue weighted by Crippen LogP contribution is 2.18. The van der Waals surface area contributed by atoms with Gasteiger partial charge in [0.1, 0.15) is 0 Å². The first-order valence-corrected chi connectivity index (χ1v) is 11.0. The summed E-state index contributed by atoms with van der Waals surface area (Å²) in [5, 5.41) is 2.86. The van der Waals surface area contributed by atoms with Gasteiger partial charge in [0.25, 0.3) is 5.91 Å². The lowest BCUT2D eigenvalue weighted by Gasteiger charge is -2.26. The third kappa shape index (κ3) is 5.19. The molecule has 3 rings (SSSR count). The Hall–Kier alpha value is -2.22. The first-order valence-electron chi connectivity index (χ1n) is 9.41. The van der Waals surface area contributed by atoms with Gasteiger partial charge in [0.2, 0.25) is 10.0 Å². The number of rotatable bonds is 6. The van der Waals surface area contributed by atoms with Gasteiger partial charge in [0.05, 0.1) is 19.0 Å². The van der Waals surface area contributed by atoms with E-state index in [0.29, 0.717) is 43.3 Å². The van der Waals surface area contributed by atoms with Crippen LogP contribution in [0.25, 0.3) is 0 Å². The molecule has 6 nitrogen and oxygen atoms in total. The second kappa shape index (κ2) is 8.86. The van der Waals surface area contributed by atoms with E-state index >= 15 is 0 Å². The van der Waals surface area contributed by atoms with Crippen LogP contribution in [-0.4, -0.2) is 44.9 Å². The number of anilines is 1. The molecule has 1 heterocycles. The van der Waals surface area contributed by atoms with Gasteiger partial charge in [-0.05, 0) is 41.3 Å². The average Bonchev–Trinajstić information content (AvgIpc) is 2.69. The lowest BCUT2D eigenvalue weighted by Crippen LogP contribution is -2.41. The van der Waals surface area contributed by atoms with Crippen LogP contribution in [-0.2, 0) is 20.5 Å². The summed E-state index contributed by atoms with van der Waals surface area (Å²) in [6, 6.07) is 14.5. The van der Waals surface area contributed by atoms with Crippen LogP contribution in [0.5, 0.6) is 0 Å². The Labute approximate surface area is 166 Å². The second-order valence-corrected chi connectivity index (χ2v) is 9.16. The molecule has 1 aliphatic heterocycles. The number of benzene rings is 2. The minimum absolute atomic E-state index is 0.0778. The van der Waals surface area contributed by atoms with Crippen molar-refractivity contribution in [3.8, 4) is 0 Å². The smallest absolute Gasteiger partial charge is 0.255 e. The minimum atomic E-state index is -3.38. The van der Waals surface area contributed by atoms with Crippen LogP contribution in [0.15, 0.2) is 48.5 Å². The fraction of sp³-hybridized carbons (Fsp3) is 0.381. The summed E-state index contributed by atoms with van der Waals surface area (Å²) in [5.41, 5.74) is 3.09. The molecule has 28 heavy (non-hydrogen) atoms. The predicted octanol–water partition coefficient (Wildman–Crippen LogP) is 3.22. The van der Waals surface area contributed by atoms with E-state index < -0.39 is 10.0 Å². The average molecular weight is 403 g/mol. The predicted molar refractivity (Wildman–Crippen MR) is 110 cm³/mol. The molecule has 0 radical (unpaired) electrons. The first-order chi connectivity index (χ1) is 13.3. The summed E-state index contributed by atoms with van der Waals surface area (Å²) in [4.78, 5) is 12.4. The molecule has 1 N–H and O–H groups in total. The van der Waals surface area contributed by atoms with Gasteiger partial charge in [-0.1, -0.05) is 38.1 Å². The zero-order chi connectivity index (χ0) is 20.1. The molecule has 2 aromatic rings. The molecule has 0 aliphatic carbocycles. The molecule has 1 fully saturated rings. The number of ether oxygens (including phenoxy) is 1. The van der Waals surface area contributed by atoms with Gasteiger partial charge in [0, 0.05) is 24.3 Å². The number of hydrogen-bond donors (Lipinski definition) is 1. The van der Waals surface area contributed by atoms with Crippen molar-refractivity contribution in [3.05, 3.63) is 65.2 Å². The molecular formula is C21H26N2O4S. The van der Waals surface area contributed by atoms with E-state index in [9.17, 15) is 13.2 Å².